The highest BCUT2D eigenvalue weighted by Gasteiger charge is 2.51. The number of halogens is 1. The number of ether oxygens (including phenoxy) is 1. The number of hydrogen-bond donors (Lipinski definition) is 0. The van der Waals surface area contributed by atoms with Crippen molar-refractivity contribution < 1.29 is 14.3 Å². The van der Waals surface area contributed by atoms with Crippen molar-refractivity contribution >= 4 is 35.2 Å². The van der Waals surface area contributed by atoms with Crippen molar-refractivity contribution in [2.75, 3.05) is 19.4 Å². The topological polar surface area (TPSA) is 46.6 Å². The minimum absolute atomic E-state index is 0.0659. The number of carbonyl (C=O) groups excluding carboxylic acids is 2. The number of carbonyl (C=O) groups is 2. The number of thioether (sulfide) groups is 1. The van der Waals surface area contributed by atoms with E-state index in [1.807, 2.05) is 12.1 Å². The highest BCUT2D eigenvalue weighted by Crippen LogP contribution is 2.40. The van der Waals surface area contributed by atoms with Crippen molar-refractivity contribution in [1.82, 2.24) is 4.90 Å². The number of esters is 1. The molecule has 4 rings (SSSR count). The van der Waals surface area contributed by atoms with E-state index in [2.05, 4.69) is 53.3 Å². The second-order valence-electron chi connectivity index (χ2n) is 6.18. The zero-order valence-corrected chi connectivity index (χ0v) is 16.0. The molecule has 26 heavy (non-hydrogen) atoms. The third kappa shape index (κ3) is 4.05. The Hall–Kier alpha value is -1.98. The molecule has 0 aliphatic carbocycles. The Labute approximate surface area is 162 Å². The van der Waals surface area contributed by atoms with Crippen molar-refractivity contribution in [1.29, 1.82) is 0 Å². The highest BCUT2D eigenvalue weighted by molar-refractivity contribution is 8.00. The maximum absolute atomic E-state index is 11.4. The lowest BCUT2D eigenvalue weighted by Gasteiger charge is -2.47. The van der Waals surface area contributed by atoms with Crippen LogP contribution in [-0.4, -0.2) is 46.4 Å². The minimum Gasteiger partial charge on any atom is -0.468 e. The summed E-state index contributed by atoms with van der Waals surface area (Å²) >= 11 is 7.64. The molecule has 2 atom stereocenters. The molecule has 0 spiro atoms. The Morgan fingerprint density at radius 1 is 1.12 bits per heavy atom. The van der Waals surface area contributed by atoms with E-state index in [0.717, 1.165) is 0 Å². The molecule has 0 bridgehead atoms. The van der Waals surface area contributed by atoms with Gasteiger partial charge in [-0.1, -0.05) is 60.7 Å². The summed E-state index contributed by atoms with van der Waals surface area (Å²) in [7, 11) is 1.31. The van der Waals surface area contributed by atoms with Gasteiger partial charge < -0.3 is 9.64 Å². The summed E-state index contributed by atoms with van der Waals surface area (Å²) in [6.07, 6.45) is 0.568. The maximum Gasteiger partial charge on any atom is 0.329 e. The number of methoxy groups -OCH3 is 1. The van der Waals surface area contributed by atoms with Crippen LogP contribution in [0.25, 0.3) is 11.1 Å². The van der Waals surface area contributed by atoms with Crippen LogP contribution in [-0.2, 0) is 14.3 Å². The highest BCUT2D eigenvalue weighted by atomic mass is 35.5. The van der Waals surface area contributed by atoms with E-state index in [1.165, 1.54) is 30.0 Å². The summed E-state index contributed by atoms with van der Waals surface area (Å²) in [4.78, 5) is 23.1. The average Bonchev–Trinajstić information content (AvgIpc) is 2.70. The largest absolute Gasteiger partial charge is 0.468 e. The van der Waals surface area contributed by atoms with E-state index in [-0.39, 0.29) is 17.8 Å². The first-order valence-corrected chi connectivity index (χ1v) is 9.75. The lowest BCUT2D eigenvalue weighted by Crippen LogP contribution is -2.62. The van der Waals surface area contributed by atoms with Crippen LogP contribution in [0.15, 0.2) is 60.7 Å². The van der Waals surface area contributed by atoms with Gasteiger partial charge in [0, 0.05) is 5.75 Å². The third-order valence-corrected chi connectivity index (χ3v) is 6.41. The summed E-state index contributed by atoms with van der Waals surface area (Å²) in [5.74, 6) is 0.122. The molecule has 4 nitrogen and oxygen atoms in total. The fourth-order valence-corrected chi connectivity index (χ4v) is 4.57. The molecule has 0 radical (unpaired) electrons. The van der Waals surface area contributed by atoms with Gasteiger partial charge >= 0.3 is 5.97 Å². The number of β-lactam (4-membered cyclic amide) rings is 1. The SMILES string of the molecule is COC(=O)C1(Cl)CS[C@@H]2CC(=O)N2C1.c1ccc(-c2ccccc2)cc1. The van der Waals surface area contributed by atoms with Crippen LogP contribution in [0.3, 0.4) is 0 Å². The molecule has 2 aromatic rings. The van der Waals surface area contributed by atoms with Crippen LogP contribution >= 0.6 is 23.4 Å². The van der Waals surface area contributed by atoms with Gasteiger partial charge in [0.05, 0.1) is 25.4 Å². The van der Waals surface area contributed by atoms with Gasteiger partial charge in [0.15, 0.2) is 4.87 Å². The molecule has 1 amide bonds. The Kier molecular flexibility index (Phi) is 5.89. The van der Waals surface area contributed by atoms with Gasteiger partial charge in [-0.15, -0.1) is 23.4 Å². The first-order chi connectivity index (χ1) is 12.5. The van der Waals surface area contributed by atoms with Gasteiger partial charge in [-0.3, -0.25) is 9.59 Å². The van der Waals surface area contributed by atoms with Crippen molar-refractivity contribution in [3.05, 3.63) is 60.7 Å². The predicted octanol–water partition coefficient (Wildman–Crippen LogP) is 3.80. The van der Waals surface area contributed by atoms with Crippen molar-refractivity contribution in [3.63, 3.8) is 0 Å². The molecule has 0 saturated carbocycles. The predicted molar refractivity (Wildman–Crippen MR) is 105 cm³/mol. The molecule has 2 aliphatic rings. The fraction of sp³-hybridized carbons (Fsp3) is 0.300. The molecule has 2 aromatic carbocycles. The molecular formula is C20H20ClNO3S. The summed E-state index contributed by atoms with van der Waals surface area (Å²) in [6, 6.07) is 20.8. The van der Waals surface area contributed by atoms with Gasteiger partial charge in [0.1, 0.15) is 0 Å². The number of nitrogens with zero attached hydrogens (tertiary/aromatic N) is 1. The van der Waals surface area contributed by atoms with Crippen LogP contribution < -0.4 is 0 Å². The van der Waals surface area contributed by atoms with Gasteiger partial charge in [-0.2, -0.15) is 0 Å². The second kappa shape index (κ2) is 8.14. The zero-order chi connectivity index (χ0) is 18.6. The van der Waals surface area contributed by atoms with E-state index in [1.54, 1.807) is 4.90 Å². The standard InChI is InChI=1S/C12H10.C8H10ClNO3S/c1-3-7-11(8-4-1)12-9-5-2-6-10-12;1-13-7(12)8(9)3-10-5(11)2-6(10)14-4-8/h1-10H;6H,2-4H2,1H3/t;6-,8?/m.1/s1. The van der Waals surface area contributed by atoms with Gasteiger partial charge in [0.25, 0.3) is 0 Å². The molecule has 2 heterocycles. The number of fused-ring (bicyclic) bond motifs is 1. The number of alkyl halides is 1. The third-order valence-electron chi connectivity index (χ3n) is 4.37. The zero-order valence-electron chi connectivity index (χ0n) is 14.4. The Bertz CT molecular complexity index is 734. The molecular weight excluding hydrogens is 370 g/mol. The fourth-order valence-electron chi connectivity index (χ4n) is 2.88. The number of benzene rings is 2. The van der Waals surface area contributed by atoms with Gasteiger partial charge in [-0.25, -0.2) is 0 Å². The van der Waals surface area contributed by atoms with Crippen molar-refractivity contribution in [3.8, 4) is 11.1 Å². The van der Waals surface area contributed by atoms with E-state index in [0.29, 0.717) is 12.2 Å². The molecule has 2 aliphatic heterocycles. The number of amides is 1. The molecule has 1 unspecified atom stereocenters. The quantitative estimate of drug-likeness (QED) is 0.445. The van der Waals surface area contributed by atoms with Gasteiger partial charge in [-0.05, 0) is 11.1 Å². The first kappa shape index (κ1) is 18.8. The van der Waals surface area contributed by atoms with E-state index in [4.69, 9.17) is 11.6 Å². The average molecular weight is 390 g/mol. The second-order valence-corrected chi connectivity index (χ2v) is 8.07. The van der Waals surface area contributed by atoms with Crippen LogP contribution in [0, 0.1) is 0 Å². The molecule has 136 valence electrons. The molecule has 0 N–H and O–H groups in total. The normalized spacial score (nSPS) is 23.8. The van der Waals surface area contributed by atoms with Crippen LogP contribution in [0.4, 0.5) is 0 Å². The molecule has 0 aromatic heterocycles. The first-order valence-electron chi connectivity index (χ1n) is 8.32. The number of rotatable bonds is 2. The lowest BCUT2D eigenvalue weighted by molar-refractivity contribution is -0.148. The van der Waals surface area contributed by atoms with Crippen LogP contribution in [0.5, 0.6) is 0 Å². The molecule has 2 saturated heterocycles. The van der Waals surface area contributed by atoms with Crippen molar-refractivity contribution in [2.45, 2.75) is 16.7 Å². The van der Waals surface area contributed by atoms with E-state index < -0.39 is 10.8 Å². The van der Waals surface area contributed by atoms with E-state index >= 15 is 0 Å². The number of hydrogen-bond acceptors (Lipinski definition) is 4. The summed E-state index contributed by atoms with van der Waals surface area (Å²) < 4.78 is 4.61. The summed E-state index contributed by atoms with van der Waals surface area (Å²) in [5.41, 5.74) is 2.55. The van der Waals surface area contributed by atoms with Crippen molar-refractivity contribution in [2.24, 2.45) is 0 Å². The van der Waals surface area contributed by atoms with E-state index in [9.17, 15) is 9.59 Å². The maximum atomic E-state index is 11.4. The smallest absolute Gasteiger partial charge is 0.329 e. The van der Waals surface area contributed by atoms with Crippen LogP contribution in [0.1, 0.15) is 6.42 Å². The summed E-state index contributed by atoms with van der Waals surface area (Å²) in [5, 5.41) is 0.221. The lowest BCUT2D eigenvalue weighted by atomic mass is 10.1. The Balaban J connectivity index is 0.000000152. The minimum atomic E-state index is -1.05. The monoisotopic (exact) mass is 389 g/mol. The Morgan fingerprint density at radius 2 is 1.65 bits per heavy atom. The van der Waals surface area contributed by atoms with Crippen LogP contribution in [0.2, 0.25) is 0 Å². The Morgan fingerprint density at radius 3 is 2.12 bits per heavy atom. The molecule has 6 heteroatoms. The molecule has 2 fully saturated rings. The summed E-state index contributed by atoms with van der Waals surface area (Å²) in [6.45, 7) is 0.276. The van der Waals surface area contributed by atoms with Gasteiger partial charge in [0.2, 0.25) is 5.91 Å².